The molecule has 8 aromatic rings. The fraction of sp³-hybridized carbons (Fsp3) is 0.367. The molecular weight excluding hydrogens is 873 g/mol. The lowest BCUT2D eigenvalue weighted by molar-refractivity contribution is 0.0283. The highest BCUT2D eigenvalue weighted by molar-refractivity contribution is 5.84. The highest BCUT2D eigenvalue weighted by Crippen LogP contribution is 2.42. The molecule has 4 saturated heterocycles. The Labute approximate surface area is 397 Å². The largest absolute Gasteiger partial charge is 0.444 e. The molecule has 4 bridgehead atoms. The minimum absolute atomic E-state index is 0.138. The molecule has 4 aliphatic heterocycles. The fourth-order valence-corrected chi connectivity index (χ4v) is 10.3. The van der Waals surface area contributed by atoms with Gasteiger partial charge in [-0.25, -0.2) is 33.8 Å². The summed E-state index contributed by atoms with van der Waals surface area (Å²) >= 11 is 0. The average molecular weight is 923 g/mol. The minimum Gasteiger partial charge on any atom is -0.444 e. The number of hydrogen-bond acceptors (Lipinski definition) is 15. The Balaban J connectivity index is 0.000000154. The molecule has 6 aliphatic rings. The first-order valence-electron chi connectivity index (χ1n) is 23.0. The zero-order valence-corrected chi connectivity index (χ0v) is 38.8. The van der Waals surface area contributed by atoms with E-state index in [1.807, 2.05) is 83.9 Å². The number of aromatic nitrogens is 12. The predicted molar refractivity (Wildman–Crippen MR) is 255 cm³/mol. The number of pyridine rings is 2. The third kappa shape index (κ3) is 8.12. The lowest BCUT2D eigenvalue weighted by atomic mass is 9.66. The van der Waals surface area contributed by atoms with Crippen LogP contribution in [0.25, 0.3) is 56.1 Å². The molecule has 2 unspecified atom stereocenters. The summed E-state index contributed by atoms with van der Waals surface area (Å²) in [6.45, 7) is 9.18. The maximum absolute atomic E-state index is 12.3. The number of aryl methyl sites for hydroxylation is 2. The second-order valence-corrected chi connectivity index (χ2v) is 19.6. The molecule has 0 spiro atoms. The standard InChI is InChI=1S/C27H29N9O2.C22H21N9/c1-27(2,3)38-26(37)33-23-17-7-18(23)14-35(13-17)22-6-5-16(9-29-22)24-25-19(8-28)10-31-36(25)15-21(32-24)20-11-30-34(4)12-20;1-29-9-17(8-26-29)18-12-31-22(16(5-23)7-27-31)21(28-18)13-2-3-19(25-6-13)30-10-14-4-15(11-30)20(14)24/h5-6,9-12,15,17-18,23H,7,13-14H2,1-4H3,(H,33,37);2-3,6-9,12,14-15,20H,4,10-11,24H2,1H3/t17-,18+,23?;14-,15+,20?. The number of nitriles is 2. The van der Waals surface area contributed by atoms with Gasteiger partial charge in [0.15, 0.2) is 0 Å². The van der Waals surface area contributed by atoms with Crippen LogP contribution in [0.4, 0.5) is 16.4 Å². The number of rotatable bonds is 7. The molecule has 2 saturated carbocycles. The van der Waals surface area contributed by atoms with Crippen LogP contribution in [0, 0.1) is 46.3 Å². The third-order valence-corrected chi connectivity index (χ3v) is 13.7. The number of ether oxygens (including phenoxy) is 1. The van der Waals surface area contributed by atoms with Crippen molar-refractivity contribution in [1.82, 2.24) is 64.0 Å². The topological polar surface area (TPSA) is 240 Å². The van der Waals surface area contributed by atoms with Gasteiger partial charge in [0.05, 0.1) is 60.0 Å². The molecule has 0 radical (unpaired) electrons. The maximum atomic E-state index is 12.3. The summed E-state index contributed by atoms with van der Waals surface area (Å²) < 4.78 is 12.3. The summed E-state index contributed by atoms with van der Waals surface area (Å²) in [6.07, 6.45) is 19.7. The van der Waals surface area contributed by atoms with Crippen LogP contribution < -0.4 is 20.9 Å². The van der Waals surface area contributed by atoms with E-state index in [0.717, 1.165) is 72.2 Å². The normalized spacial score (nSPS) is 21.4. The molecule has 20 nitrogen and oxygen atoms in total. The minimum atomic E-state index is -0.510. The van der Waals surface area contributed by atoms with Gasteiger partial charge >= 0.3 is 6.09 Å². The van der Waals surface area contributed by atoms with E-state index in [9.17, 15) is 15.3 Å². The Hall–Kier alpha value is -8.23. The first-order chi connectivity index (χ1) is 33.3. The van der Waals surface area contributed by atoms with Crippen molar-refractivity contribution in [2.75, 3.05) is 36.0 Å². The second-order valence-electron chi connectivity index (χ2n) is 19.6. The smallest absolute Gasteiger partial charge is 0.407 e. The Morgan fingerprint density at radius 1 is 0.652 bits per heavy atom. The Kier molecular flexibility index (Phi) is 10.6. The highest BCUT2D eigenvalue weighted by Gasteiger charge is 2.48. The quantitative estimate of drug-likeness (QED) is 0.207. The number of hydrogen-bond donors (Lipinski definition) is 2. The van der Waals surface area contributed by atoms with Gasteiger partial charge in [0.2, 0.25) is 0 Å². The summed E-state index contributed by atoms with van der Waals surface area (Å²) in [7, 11) is 3.72. The van der Waals surface area contributed by atoms with Crippen LogP contribution in [0.5, 0.6) is 0 Å². The first-order valence-corrected chi connectivity index (χ1v) is 23.0. The van der Waals surface area contributed by atoms with Crippen LogP contribution in [0.15, 0.2) is 86.2 Å². The van der Waals surface area contributed by atoms with Crippen LogP contribution >= 0.6 is 0 Å². The molecule has 2 aliphatic carbocycles. The van der Waals surface area contributed by atoms with Crippen LogP contribution in [-0.2, 0) is 18.8 Å². The molecule has 14 rings (SSSR count). The van der Waals surface area contributed by atoms with Gasteiger partial charge in [0.1, 0.15) is 51.5 Å². The number of alkyl carbamates (subject to hydrolysis) is 1. The predicted octanol–water partition coefficient (Wildman–Crippen LogP) is 5.26. The van der Waals surface area contributed by atoms with Crippen molar-refractivity contribution in [3.05, 3.63) is 97.4 Å². The maximum Gasteiger partial charge on any atom is 0.407 e. The van der Waals surface area contributed by atoms with Crippen molar-refractivity contribution in [3.63, 3.8) is 0 Å². The summed E-state index contributed by atoms with van der Waals surface area (Å²) in [5.74, 6) is 3.71. The lowest BCUT2D eigenvalue weighted by Crippen LogP contribution is -2.65. The van der Waals surface area contributed by atoms with Gasteiger partial charge in [0, 0.05) is 99.4 Å². The first kappa shape index (κ1) is 43.3. The lowest BCUT2D eigenvalue weighted by Gasteiger charge is -2.53. The van der Waals surface area contributed by atoms with Crippen molar-refractivity contribution >= 4 is 28.8 Å². The number of nitrogens with zero attached hydrogens (tertiary/aromatic N) is 16. The molecule has 348 valence electrons. The Morgan fingerprint density at radius 3 is 1.51 bits per heavy atom. The number of amides is 1. The molecular formula is C49H50N18O2. The van der Waals surface area contributed by atoms with E-state index in [2.05, 4.69) is 47.6 Å². The van der Waals surface area contributed by atoms with E-state index in [-0.39, 0.29) is 12.1 Å². The van der Waals surface area contributed by atoms with Crippen LogP contribution in [-0.4, -0.2) is 109 Å². The number of fused-ring (bicyclic) bond motifs is 6. The van der Waals surface area contributed by atoms with E-state index < -0.39 is 5.60 Å². The molecule has 20 heteroatoms. The number of nitrogens with one attached hydrogen (secondary N) is 1. The number of anilines is 2. The van der Waals surface area contributed by atoms with E-state index in [1.165, 1.54) is 6.42 Å². The monoisotopic (exact) mass is 922 g/mol. The zero-order chi connectivity index (χ0) is 47.7. The fourth-order valence-electron chi connectivity index (χ4n) is 10.3. The molecule has 69 heavy (non-hydrogen) atoms. The Bertz CT molecular complexity index is 3310. The van der Waals surface area contributed by atoms with Gasteiger partial charge in [-0.3, -0.25) is 9.36 Å². The molecule has 1 amide bonds. The van der Waals surface area contributed by atoms with Crippen molar-refractivity contribution in [3.8, 4) is 57.2 Å². The molecule has 12 heterocycles. The number of piperidine rings is 4. The number of carbonyl (C=O) groups excluding carboxylic acids is 1. The molecule has 6 atom stereocenters. The highest BCUT2D eigenvalue weighted by atomic mass is 16.6. The molecule has 6 fully saturated rings. The van der Waals surface area contributed by atoms with Crippen LogP contribution in [0.2, 0.25) is 0 Å². The van der Waals surface area contributed by atoms with Crippen LogP contribution in [0.1, 0.15) is 44.7 Å². The molecule has 3 N–H and O–H groups in total. The van der Waals surface area contributed by atoms with Gasteiger partial charge in [0.25, 0.3) is 0 Å². The van der Waals surface area contributed by atoms with E-state index in [0.29, 0.717) is 69.0 Å². The van der Waals surface area contributed by atoms with Gasteiger partial charge in [-0.1, -0.05) is 0 Å². The Morgan fingerprint density at radius 2 is 1.12 bits per heavy atom. The second kappa shape index (κ2) is 16.8. The number of carbonyl (C=O) groups is 1. The molecule has 8 aromatic heterocycles. The molecule has 0 aromatic carbocycles. The van der Waals surface area contributed by atoms with E-state index in [1.54, 1.807) is 55.6 Å². The summed E-state index contributed by atoms with van der Waals surface area (Å²) in [5, 5.41) is 39.5. The van der Waals surface area contributed by atoms with Crippen molar-refractivity contribution in [2.45, 2.75) is 51.3 Å². The van der Waals surface area contributed by atoms with Gasteiger partial charge in [-0.2, -0.15) is 30.9 Å². The van der Waals surface area contributed by atoms with Crippen molar-refractivity contribution in [1.29, 1.82) is 10.5 Å². The third-order valence-electron chi connectivity index (χ3n) is 13.7. The summed E-state index contributed by atoms with van der Waals surface area (Å²) in [5.41, 5.74) is 14.1. The van der Waals surface area contributed by atoms with Gasteiger partial charge < -0.3 is 25.6 Å². The van der Waals surface area contributed by atoms with Gasteiger partial charge in [-0.05, 0) is 81.5 Å². The summed E-state index contributed by atoms with van der Waals surface area (Å²) in [4.78, 5) is 36.1. The SMILES string of the molecule is Cn1cc(-c2cn3ncc(C#N)c3c(-c3ccc(N4C[C@H]5C[C@@H](C4)C5N)nc3)n2)cn1.Cn1cc(-c2cn3ncc(C#N)c3c(-c3ccc(N4C[C@H]5C[C@@H](C4)C5NC(=O)OC(C)(C)C)nc3)n2)cn1. The van der Waals surface area contributed by atoms with Gasteiger partial charge in [-0.15, -0.1) is 0 Å². The van der Waals surface area contributed by atoms with E-state index >= 15 is 0 Å². The van der Waals surface area contributed by atoms with Crippen LogP contribution in [0.3, 0.4) is 0 Å². The zero-order valence-electron chi connectivity index (χ0n) is 38.8. The number of nitrogens with two attached hydrogens (primary N) is 1. The van der Waals surface area contributed by atoms with Crippen molar-refractivity contribution < 1.29 is 9.53 Å². The average Bonchev–Trinajstić information content (AvgIpc) is 4.19. The summed E-state index contributed by atoms with van der Waals surface area (Å²) in [6, 6.07) is 13.0. The van der Waals surface area contributed by atoms with Crippen molar-refractivity contribution in [2.24, 2.45) is 43.5 Å². The van der Waals surface area contributed by atoms with E-state index in [4.69, 9.17) is 30.4 Å².